The molecule has 0 aliphatic carbocycles. The van der Waals surface area contributed by atoms with Crippen LogP contribution < -0.4 is 14.9 Å². The number of hydrogen-bond donors (Lipinski definition) is 2. The number of carbonyl (C=O) groups excluding carboxylic acids is 1. The number of ether oxygens (including phenoxy) is 2. The van der Waals surface area contributed by atoms with Crippen molar-refractivity contribution in [1.82, 2.24) is 5.43 Å². The van der Waals surface area contributed by atoms with Gasteiger partial charge in [0.1, 0.15) is 11.5 Å². The van der Waals surface area contributed by atoms with Crippen molar-refractivity contribution in [2.45, 2.75) is 0 Å². The largest absolute Gasteiger partial charge is 0.496 e. The second kappa shape index (κ2) is 9.39. The lowest BCUT2D eigenvalue weighted by Gasteiger charge is -2.06. The van der Waals surface area contributed by atoms with E-state index in [-0.39, 0.29) is 16.7 Å². The number of carboxylic acids is 1. The zero-order valence-corrected chi connectivity index (χ0v) is 16.4. The Labute approximate surface area is 168 Å². The van der Waals surface area contributed by atoms with E-state index < -0.39 is 12.6 Å². The van der Waals surface area contributed by atoms with Crippen LogP contribution in [0.3, 0.4) is 0 Å². The van der Waals surface area contributed by atoms with Crippen LogP contribution in [0.5, 0.6) is 11.5 Å². The van der Waals surface area contributed by atoms with Crippen LogP contribution in [0, 0.1) is 3.57 Å². The van der Waals surface area contributed by atoms with E-state index in [9.17, 15) is 9.59 Å². The molecule has 26 heavy (non-hydrogen) atoms. The number of amides is 1. The van der Waals surface area contributed by atoms with Gasteiger partial charge in [0.05, 0.1) is 21.9 Å². The molecule has 2 aromatic carbocycles. The van der Waals surface area contributed by atoms with Crippen molar-refractivity contribution >= 4 is 52.3 Å². The summed E-state index contributed by atoms with van der Waals surface area (Å²) in [5, 5.41) is 12.7. The second-order valence-corrected chi connectivity index (χ2v) is 6.49. The summed E-state index contributed by atoms with van der Waals surface area (Å²) in [6.07, 6.45) is 1.41. The van der Waals surface area contributed by atoms with E-state index in [0.29, 0.717) is 16.9 Å². The van der Waals surface area contributed by atoms with Gasteiger partial charge in [-0.05, 0) is 64.6 Å². The zero-order chi connectivity index (χ0) is 19.1. The molecule has 2 N–H and O–H groups in total. The molecule has 0 bridgehead atoms. The highest BCUT2D eigenvalue weighted by Crippen LogP contribution is 2.25. The Morgan fingerprint density at radius 3 is 2.69 bits per heavy atom. The molecule has 1 amide bonds. The van der Waals surface area contributed by atoms with Crippen LogP contribution >= 0.6 is 34.2 Å². The minimum atomic E-state index is -1.10. The van der Waals surface area contributed by atoms with Crippen molar-refractivity contribution < 1.29 is 24.2 Å². The Morgan fingerprint density at radius 2 is 2.04 bits per heavy atom. The second-order valence-electron chi connectivity index (χ2n) is 4.92. The van der Waals surface area contributed by atoms with Crippen molar-refractivity contribution in [2.24, 2.45) is 5.10 Å². The monoisotopic (exact) mass is 488 g/mol. The fourth-order valence-corrected chi connectivity index (χ4v) is 2.68. The number of halogens is 2. The molecule has 0 radical (unpaired) electrons. The SMILES string of the molecule is COc1cc(C(=O)N/N=C/c2ccc(OCC(=O)O)c(Cl)c2)ccc1I. The molecule has 0 fully saturated rings. The highest BCUT2D eigenvalue weighted by Gasteiger charge is 2.08. The molecule has 9 heteroatoms. The Balaban J connectivity index is 2.00. The lowest BCUT2D eigenvalue weighted by molar-refractivity contribution is -0.139. The van der Waals surface area contributed by atoms with Crippen molar-refractivity contribution in [2.75, 3.05) is 13.7 Å². The van der Waals surface area contributed by atoms with E-state index in [2.05, 4.69) is 33.1 Å². The fraction of sp³-hybridized carbons (Fsp3) is 0.118. The van der Waals surface area contributed by atoms with Crippen molar-refractivity contribution in [1.29, 1.82) is 0 Å². The summed E-state index contributed by atoms with van der Waals surface area (Å²) in [6.45, 7) is -0.483. The summed E-state index contributed by atoms with van der Waals surface area (Å²) in [7, 11) is 1.53. The number of carboxylic acid groups (broad SMARTS) is 1. The third kappa shape index (κ3) is 5.60. The van der Waals surface area contributed by atoms with Crippen LogP contribution in [0.1, 0.15) is 15.9 Å². The maximum Gasteiger partial charge on any atom is 0.341 e. The molecule has 0 unspecified atom stereocenters. The van der Waals surface area contributed by atoms with Crippen LogP contribution in [-0.2, 0) is 4.79 Å². The quantitative estimate of drug-likeness (QED) is 0.354. The molecule has 136 valence electrons. The first-order valence-electron chi connectivity index (χ1n) is 7.22. The molecule has 0 aromatic heterocycles. The van der Waals surface area contributed by atoms with E-state index in [0.717, 1.165) is 3.57 Å². The van der Waals surface area contributed by atoms with Gasteiger partial charge in [0.25, 0.3) is 5.91 Å². The van der Waals surface area contributed by atoms with Crippen LogP contribution in [0.4, 0.5) is 0 Å². The first kappa shape index (κ1) is 20.0. The minimum absolute atomic E-state index is 0.240. The molecule has 0 atom stereocenters. The molecule has 0 aliphatic rings. The van der Waals surface area contributed by atoms with Crippen molar-refractivity contribution in [3.05, 3.63) is 56.1 Å². The standard InChI is InChI=1S/C17H14ClIN2O5/c1-25-15-7-11(3-4-13(15)19)17(24)21-20-8-10-2-5-14(12(18)6-10)26-9-16(22)23/h2-8H,9H2,1H3,(H,21,24)(H,22,23)/b20-8+. The lowest BCUT2D eigenvalue weighted by Crippen LogP contribution is -2.17. The number of carbonyl (C=O) groups is 2. The number of benzene rings is 2. The van der Waals surface area contributed by atoms with Gasteiger partial charge in [-0.3, -0.25) is 4.79 Å². The van der Waals surface area contributed by atoms with Gasteiger partial charge in [-0.1, -0.05) is 11.6 Å². The van der Waals surface area contributed by atoms with Gasteiger partial charge >= 0.3 is 5.97 Å². The topological polar surface area (TPSA) is 97.2 Å². The number of nitrogens with one attached hydrogen (secondary N) is 1. The van der Waals surface area contributed by atoms with Gasteiger partial charge in [0.15, 0.2) is 6.61 Å². The van der Waals surface area contributed by atoms with Gasteiger partial charge in [0, 0.05) is 5.56 Å². The predicted octanol–water partition coefficient (Wildman–Crippen LogP) is 3.18. The average molecular weight is 489 g/mol. The van der Waals surface area contributed by atoms with Gasteiger partial charge in [0.2, 0.25) is 0 Å². The summed E-state index contributed by atoms with van der Waals surface area (Å²) >= 11 is 8.13. The number of rotatable bonds is 7. The summed E-state index contributed by atoms with van der Waals surface area (Å²) < 4.78 is 11.1. The van der Waals surface area contributed by atoms with Crippen molar-refractivity contribution in [3.63, 3.8) is 0 Å². The molecular formula is C17H14ClIN2O5. The average Bonchev–Trinajstić information content (AvgIpc) is 2.61. The highest BCUT2D eigenvalue weighted by molar-refractivity contribution is 14.1. The molecule has 7 nitrogen and oxygen atoms in total. The summed E-state index contributed by atoms with van der Waals surface area (Å²) in [6, 6.07) is 9.76. The maximum absolute atomic E-state index is 12.1. The summed E-state index contributed by atoms with van der Waals surface area (Å²) in [4.78, 5) is 22.6. The number of methoxy groups -OCH3 is 1. The first-order valence-corrected chi connectivity index (χ1v) is 8.67. The number of hydrazone groups is 1. The maximum atomic E-state index is 12.1. The predicted molar refractivity (Wildman–Crippen MR) is 105 cm³/mol. The van der Waals surface area contributed by atoms with Crippen LogP contribution in [-0.4, -0.2) is 36.9 Å². The molecule has 0 spiro atoms. The highest BCUT2D eigenvalue weighted by atomic mass is 127. The number of aliphatic carboxylic acids is 1. The van der Waals surface area contributed by atoms with Gasteiger partial charge in [-0.15, -0.1) is 0 Å². The molecule has 0 saturated heterocycles. The molecule has 0 saturated carbocycles. The van der Waals surface area contributed by atoms with Gasteiger partial charge < -0.3 is 14.6 Å². The molecule has 0 heterocycles. The van der Waals surface area contributed by atoms with E-state index in [4.69, 9.17) is 26.2 Å². The van der Waals surface area contributed by atoms with E-state index >= 15 is 0 Å². The Kier molecular flexibility index (Phi) is 7.22. The number of hydrogen-bond acceptors (Lipinski definition) is 5. The third-order valence-corrected chi connectivity index (χ3v) is 4.29. The minimum Gasteiger partial charge on any atom is -0.496 e. The Hall–Kier alpha value is -2.33. The molecule has 0 aliphatic heterocycles. The van der Waals surface area contributed by atoms with E-state index in [1.54, 1.807) is 30.3 Å². The van der Waals surface area contributed by atoms with Crippen LogP contribution in [0.15, 0.2) is 41.5 Å². The first-order chi connectivity index (χ1) is 12.4. The van der Waals surface area contributed by atoms with Crippen LogP contribution in [0.25, 0.3) is 0 Å². The summed E-state index contributed by atoms with van der Waals surface area (Å²) in [5.74, 6) is -0.627. The smallest absolute Gasteiger partial charge is 0.341 e. The molecular weight excluding hydrogens is 475 g/mol. The van der Waals surface area contributed by atoms with Crippen LogP contribution in [0.2, 0.25) is 5.02 Å². The summed E-state index contributed by atoms with van der Waals surface area (Å²) in [5.41, 5.74) is 3.43. The Morgan fingerprint density at radius 1 is 1.27 bits per heavy atom. The van der Waals surface area contributed by atoms with E-state index in [1.807, 2.05) is 0 Å². The number of nitrogens with zero attached hydrogens (tertiary/aromatic N) is 1. The van der Waals surface area contributed by atoms with Gasteiger partial charge in [-0.25, -0.2) is 10.2 Å². The van der Waals surface area contributed by atoms with Gasteiger partial charge in [-0.2, -0.15) is 5.10 Å². The Bertz CT molecular complexity index is 857. The van der Waals surface area contributed by atoms with Crippen molar-refractivity contribution in [3.8, 4) is 11.5 Å². The molecule has 2 aromatic rings. The molecule has 2 rings (SSSR count). The normalized spacial score (nSPS) is 10.6. The zero-order valence-electron chi connectivity index (χ0n) is 13.5. The fourth-order valence-electron chi connectivity index (χ4n) is 1.88. The van der Waals surface area contributed by atoms with E-state index in [1.165, 1.54) is 19.4 Å². The third-order valence-electron chi connectivity index (χ3n) is 3.10. The lowest BCUT2D eigenvalue weighted by atomic mass is 10.2.